The Hall–Kier alpha value is -1.76. The summed E-state index contributed by atoms with van der Waals surface area (Å²) in [6.07, 6.45) is -0.131. The summed E-state index contributed by atoms with van der Waals surface area (Å²) in [6.45, 7) is 1.76. The number of amides is 1. The zero-order valence-corrected chi connectivity index (χ0v) is 11.7. The molecule has 1 aromatic carbocycles. The lowest BCUT2D eigenvalue weighted by Gasteiger charge is -2.12. The largest absolute Gasteiger partial charge is 0.481 e. The smallest absolute Gasteiger partial charge is 0.305 e. The number of aliphatic carboxylic acids is 1. The zero-order chi connectivity index (χ0) is 14.0. The minimum Gasteiger partial charge on any atom is -0.481 e. The summed E-state index contributed by atoms with van der Waals surface area (Å²) in [4.78, 5) is 22.6. The Morgan fingerprint density at radius 3 is 2.68 bits per heavy atom. The highest BCUT2D eigenvalue weighted by Gasteiger charge is 2.21. The van der Waals surface area contributed by atoms with Crippen LogP contribution in [0.2, 0.25) is 0 Å². The molecule has 0 saturated carbocycles. The maximum atomic E-state index is 12.0. The quantitative estimate of drug-likeness (QED) is 0.879. The fourth-order valence-electron chi connectivity index (χ4n) is 1.71. The fraction of sp³-hybridized carbons (Fsp3) is 0.333. The van der Waals surface area contributed by atoms with Crippen molar-refractivity contribution in [3.63, 3.8) is 0 Å². The molecule has 0 bridgehead atoms. The van der Waals surface area contributed by atoms with Crippen LogP contribution >= 0.6 is 15.9 Å². The van der Waals surface area contributed by atoms with E-state index in [-0.39, 0.29) is 19.1 Å². The molecule has 0 saturated heterocycles. The van der Waals surface area contributed by atoms with Crippen molar-refractivity contribution in [1.29, 1.82) is 0 Å². The predicted octanol–water partition coefficient (Wildman–Crippen LogP) is 1.77. The first-order valence-electron chi connectivity index (χ1n) is 5.59. The number of benzene rings is 1. The number of hydrogen-bond donors (Lipinski definition) is 2. The van der Waals surface area contributed by atoms with E-state index >= 15 is 0 Å². The second-order valence-corrected chi connectivity index (χ2v) is 5.01. The number of halogens is 1. The Labute approximate surface area is 117 Å². The minimum absolute atomic E-state index is 0.127. The van der Waals surface area contributed by atoms with Gasteiger partial charge in [-0.3, -0.25) is 9.59 Å². The van der Waals surface area contributed by atoms with Gasteiger partial charge in [-0.2, -0.15) is 0 Å². The molecule has 0 spiro atoms. The van der Waals surface area contributed by atoms with E-state index in [0.29, 0.717) is 21.5 Å². The molecule has 1 unspecified atom stereocenters. The van der Waals surface area contributed by atoms with Crippen LogP contribution in [0, 0.1) is 0 Å². The number of hydrogen-bond acceptors (Lipinski definition) is 4. The Kier molecular flexibility index (Phi) is 3.94. The van der Waals surface area contributed by atoms with Gasteiger partial charge in [-0.25, -0.2) is 0 Å². The molecule has 1 aliphatic rings. The van der Waals surface area contributed by atoms with Crippen molar-refractivity contribution >= 4 is 27.8 Å². The third-order valence-corrected chi connectivity index (χ3v) is 3.22. The molecular weight excluding hydrogens is 318 g/mol. The van der Waals surface area contributed by atoms with Gasteiger partial charge in [-0.15, -0.1) is 0 Å². The summed E-state index contributed by atoms with van der Waals surface area (Å²) >= 11 is 3.28. The molecule has 1 heterocycles. The molecule has 1 aliphatic heterocycles. The van der Waals surface area contributed by atoms with Gasteiger partial charge in [0.05, 0.1) is 12.0 Å². The normalized spacial score (nSPS) is 14.0. The lowest BCUT2D eigenvalue weighted by Crippen LogP contribution is -2.34. The maximum Gasteiger partial charge on any atom is 0.305 e. The monoisotopic (exact) mass is 329 g/mol. The summed E-state index contributed by atoms with van der Waals surface area (Å²) in [5.74, 6) is -0.252. The molecule has 7 heteroatoms. The van der Waals surface area contributed by atoms with Gasteiger partial charge in [0.25, 0.3) is 5.91 Å². The van der Waals surface area contributed by atoms with Gasteiger partial charge in [0.15, 0.2) is 11.5 Å². The second-order valence-electron chi connectivity index (χ2n) is 4.16. The second kappa shape index (κ2) is 5.48. The van der Waals surface area contributed by atoms with E-state index in [9.17, 15) is 9.59 Å². The molecular formula is C12H12BrNO5. The van der Waals surface area contributed by atoms with Crippen LogP contribution in [0.5, 0.6) is 11.5 Å². The van der Waals surface area contributed by atoms with Crippen molar-refractivity contribution in [2.24, 2.45) is 0 Å². The molecule has 2 rings (SSSR count). The van der Waals surface area contributed by atoms with E-state index in [1.807, 2.05) is 0 Å². The van der Waals surface area contributed by atoms with E-state index in [2.05, 4.69) is 21.2 Å². The first-order valence-corrected chi connectivity index (χ1v) is 6.38. The highest BCUT2D eigenvalue weighted by molar-refractivity contribution is 9.10. The van der Waals surface area contributed by atoms with Crippen molar-refractivity contribution < 1.29 is 24.2 Å². The van der Waals surface area contributed by atoms with Crippen molar-refractivity contribution in [2.45, 2.75) is 19.4 Å². The number of ether oxygens (including phenoxy) is 2. The summed E-state index contributed by atoms with van der Waals surface area (Å²) in [7, 11) is 0. The summed E-state index contributed by atoms with van der Waals surface area (Å²) < 4.78 is 10.9. The number of nitrogens with one attached hydrogen (secondary N) is 1. The van der Waals surface area contributed by atoms with Gasteiger partial charge >= 0.3 is 5.97 Å². The Morgan fingerprint density at radius 2 is 2.05 bits per heavy atom. The van der Waals surface area contributed by atoms with Crippen molar-refractivity contribution in [2.75, 3.05) is 6.79 Å². The van der Waals surface area contributed by atoms with Crippen LogP contribution in [0.25, 0.3) is 0 Å². The SMILES string of the molecule is CC(CC(=O)O)NC(=O)c1cc2c(cc1Br)OCO2. The average Bonchev–Trinajstić information content (AvgIpc) is 2.73. The summed E-state index contributed by atoms with van der Waals surface area (Å²) in [6, 6.07) is 2.76. The van der Waals surface area contributed by atoms with E-state index in [1.165, 1.54) is 0 Å². The third-order valence-electron chi connectivity index (χ3n) is 2.57. The lowest BCUT2D eigenvalue weighted by atomic mass is 10.1. The third kappa shape index (κ3) is 3.17. The first-order chi connectivity index (χ1) is 8.97. The number of rotatable bonds is 4. The van der Waals surface area contributed by atoms with Crippen LogP contribution in [0.3, 0.4) is 0 Å². The van der Waals surface area contributed by atoms with Crippen LogP contribution in [0.15, 0.2) is 16.6 Å². The molecule has 102 valence electrons. The zero-order valence-electron chi connectivity index (χ0n) is 10.1. The highest BCUT2D eigenvalue weighted by atomic mass is 79.9. The minimum atomic E-state index is -0.961. The van der Waals surface area contributed by atoms with E-state index in [1.54, 1.807) is 19.1 Å². The molecule has 0 radical (unpaired) electrons. The van der Waals surface area contributed by atoms with Crippen LogP contribution in [-0.2, 0) is 4.79 Å². The molecule has 1 atom stereocenters. The summed E-state index contributed by atoms with van der Waals surface area (Å²) in [5, 5.41) is 11.3. The van der Waals surface area contributed by atoms with Crippen molar-refractivity contribution in [3.05, 3.63) is 22.2 Å². The molecule has 19 heavy (non-hydrogen) atoms. The van der Waals surface area contributed by atoms with Gasteiger partial charge in [-0.1, -0.05) is 0 Å². The highest BCUT2D eigenvalue weighted by Crippen LogP contribution is 2.36. The van der Waals surface area contributed by atoms with Crippen LogP contribution in [0.1, 0.15) is 23.7 Å². The van der Waals surface area contributed by atoms with E-state index < -0.39 is 12.0 Å². The fourth-order valence-corrected chi connectivity index (χ4v) is 2.21. The van der Waals surface area contributed by atoms with Crippen LogP contribution in [0.4, 0.5) is 0 Å². The van der Waals surface area contributed by atoms with Gasteiger partial charge in [-0.05, 0) is 35.0 Å². The van der Waals surface area contributed by atoms with Crippen LogP contribution in [-0.4, -0.2) is 29.8 Å². The topological polar surface area (TPSA) is 84.9 Å². The van der Waals surface area contributed by atoms with E-state index in [0.717, 1.165) is 0 Å². The predicted molar refractivity (Wildman–Crippen MR) is 69.4 cm³/mol. The van der Waals surface area contributed by atoms with E-state index in [4.69, 9.17) is 14.6 Å². The maximum absolute atomic E-state index is 12.0. The lowest BCUT2D eigenvalue weighted by molar-refractivity contribution is -0.137. The number of fused-ring (bicyclic) bond motifs is 1. The van der Waals surface area contributed by atoms with Gasteiger partial charge in [0.1, 0.15) is 0 Å². The Balaban J connectivity index is 2.13. The molecule has 1 amide bonds. The number of carboxylic acids is 1. The Bertz CT molecular complexity index is 531. The average molecular weight is 330 g/mol. The molecule has 0 aromatic heterocycles. The Morgan fingerprint density at radius 1 is 1.42 bits per heavy atom. The molecule has 0 fully saturated rings. The standard InChI is InChI=1S/C12H12BrNO5/c1-6(2-11(15)16)14-12(17)7-3-9-10(4-8(7)13)19-5-18-9/h3-4,6H,2,5H2,1H3,(H,14,17)(H,15,16). The number of carbonyl (C=O) groups excluding carboxylic acids is 1. The first kappa shape index (κ1) is 13.7. The molecule has 0 aliphatic carbocycles. The van der Waals surface area contributed by atoms with Crippen LogP contribution < -0.4 is 14.8 Å². The van der Waals surface area contributed by atoms with Gasteiger partial charge in [0.2, 0.25) is 6.79 Å². The van der Waals surface area contributed by atoms with Gasteiger partial charge in [0, 0.05) is 10.5 Å². The van der Waals surface area contributed by atoms with Gasteiger partial charge < -0.3 is 19.9 Å². The molecule has 6 nitrogen and oxygen atoms in total. The summed E-state index contributed by atoms with van der Waals surface area (Å²) in [5.41, 5.74) is 0.376. The number of carbonyl (C=O) groups is 2. The molecule has 1 aromatic rings. The number of carboxylic acid groups (broad SMARTS) is 1. The van der Waals surface area contributed by atoms with Crippen molar-refractivity contribution in [3.8, 4) is 11.5 Å². The molecule has 2 N–H and O–H groups in total. The van der Waals surface area contributed by atoms with Crippen molar-refractivity contribution in [1.82, 2.24) is 5.32 Å².